The van der Waals surface area contributed by atoms with Crippen molar-refractivity contribution in [2.45, 2.75) is 12.5 Å². The lowest BCUT2D eigenvalue weighted by Crippen LogP contribution is -2.39. The number of nitrogens with one attached hydrogen (secondary N) is 2. The first-order valence-electron chi connectivity index (χ1n) is 8.20. The van der Waals surface area contributed by atoms with E-state index in [0.29, 0.717) is 19.0 Å². The molecular formula is C18H23IN6O. The van der Waals surface area contributed by atoms with Gasteiger partial charge in [-0.3, -0.25) is 9.39 Å². The number of hydrogen-bond donors (Lipinski definition) is 3. The van der Waals surface area contributed by atoms with Crippen molar-refractivity contribution in [2.24, 2.45) is 4.99 Å². The minimum absolute atomic E-state index is 0. The Bertz CT molecular complexity index is 836. The number of aliphatic hydroxyl groups excluding tert-OH is 1. The molecule has 3 aromatic rings. The number of fused-ring (bicyclic) bond motifs is 1. The third-order valence-corrected chi connectivity index (χ3v) is 4.03. The zero-order valence-corrected chi connectivity index (χ0v) is 16.9. The number of aromatic nitrogens is 3. The fourth-order valence-corrected chi connectivity index (χ4v) is 2.63. The van der Waals surface area contributed by atoms with E-state index in [2.05, 4.69) is 25.8 Å². The van der Waals surface area contributed by atoms with Gasteiger partial charge >= 0.3 is 0 Å². The summed E-state index contributed by atoms with van der Waals surface area (Å²) in [6, 6.07) is 15.7. The summed E-state index contributed by atoms with van der Waals surface area (Å²) in [5, 5.41) is 24.4. The van der Waals surface area contributed by atoms with Gasteiger partial charge in [-0.2, -0.15) is 0 Å². The second-order valence-electron chi connectivity index (χ2n) is 5.64. The molecule has 7 nitrogen and oxygen atoms in total. The highest BCUT2D eigenvalue weighted by Gasteiger charge is 2.11. The van der Waals surface area contributed by atoms with Crippen LogP contribution in [0, 0.1) is 0 Å². The standard InChI is InChI=1S/C18H22N6O.HI/c1-19-18(20-11-15(13-25)14-7-3-2-4-8-14)21-12-17-23-22-16-9-5-6-10-24(16)17;/h2-10,15,25H,11-13H2,1H3,(H2,19,20,21);1H. The van der Waals surface area contributed by atoms with Crippen molar-refractivity contribution >= 4 is 35.6 Å². The van der Waals surface area contributed by atoms with Gasteiger partial charge in [0, 0.05) is 25.7 Å². The van der Waals surface area contributed by atoms with Crippen LogP contribution in [0.4, 0.5) is 0 Å². The maximum atomic E-state index is 9.64. The number of pyridine rings is 1. The van der Waals surface area contributed by atoms with Gasteiger partial charge in [0.1, 0.15) is 0 Å². The highest BCUT2D eigenvalue weighted by atomic mass is 127. The van der Waals surface area contributed by atoms with Crippen LogP contribution in [0.2, 0.25) is 0 Å². The molecule has 26 heavy (non-hydrogen) atoms. The van der Waals surface area contributed by atoms with E-state index in [4.69, 9.17) is 0 Å². The maximum absolute atomic E-state index is 9.64. The molecule has 1 atom stereocenters. The molecule has 1 aromatic carbocycles. The summed E-state index contributed by atoms with van der Waals surface area (Å²) in [7, 11) is 1.72. The molecule has 0 radical (unpaired) electrons. The van der Waals surface area contributed by atoms with E-state index < -0.39 is 0 Å². The number of nitrogens with zero attached hydrogens (tertiary/aromatic N) is 4. The number of aliphatic imine (C=N–C) groups is 1. The predicted octanol–water partition coefficient (Wildman–Crippen LogP) is 1.79. The van der Waals surface area contributed by atoms with E-state index in [1.54, 1.807) is 7.05 Å². The lowest BCUT2D eigenvalue weighted by Gasteiger charge is -2.17. The fourth-order valence-electron chi connectivity index (χ4n) is 2.63. The Kier molecular flexibility index (Phi) is 7.79. The molecule has 3 N–H and O–H groups in total. The van der Waals surface area contributed by atoms with Crippen molar-refractivity contribution < 1.29 is 5.11 Å². The molecule has 2 heterocycles. The summed E-state index contributed by atoms with van der Waals surface area (Å²) in [6.45, 7) is 1.16. The Morgan fingerprint density at radius 1 is 1.12 bits per heavy atom. The summed E-state index contributed by atoms with van der Waals surface area (Å²) in [4.78, 5) is 4.22. The van der Waals surface area contributed by atoms with Crippen molar-refractivity contribution in [1.82, 2.24) is 25.2 Å². The SMILES string of the molecule is CN=C(NCc1nnc2ccccn12)NCC(CO)c1ccccc1.I. The fraction of sp³-hybridized carbons (Fsp3) is 0.278. The van der Waals surface area contributed by atoms with Gasteiger partial charge in [-0.05, 0) is 17.7 Å². The van der Waals surface area contributed by atoms with Gasteiger partial charge in [-0.15, -0.1) is 34.2 Å². The van der Waals surface area contributed by atoms with Crippen LogP contribution in [0.1, 0.15) is 17.3 Å². The van der Waals surface area contributed by atoms with E-state index in [-0.39, 0.29) is 36.5 Å². The molecule has 0 amide bonds. The number of guanidine groups is 1. The first kappa shape index (κ1) is 20.1. The molecule has 0 fully saturated rings. The Morgan fingerprint density at radius 2 is 1.88 bits per heavy atom. The van der Waals surface area contributed by atoms with E-state index in [1.165, 1.54) is 0 Å². The van der Waals surface area contributed by atoms with Crippen LogP contribution in [0.25, 0.3) is 5.65 Å². The molecule has 138 valence electrons. The predicted molar refractivity (Wildman–Crippen MR) is 113 cm³/mol. The molecule has 0 bridgehead atoms. The number of rotatable bonds is 6. The first-order chi connectivity index (χ1) is 12.3. The Labute approximate surface area is 169 Å². The normalized spacial score (nSPS) is 12.5. The van der Waals surface area contributed by atoms with Gasteiger partial charge in [0.15, 0.2) is 17.4 Å². The summed E-state index contributed by atoms with van der Waals surface area (Å²) in [5.74, 6) is 1.47. The Hall–Kier alpha value is -2.20. The maximum Gasteiger partial charge on any atom is 0.191 e. The quantitative estimate of drug-likeness (QED) is 0.293. The van der Waals surface area contributed by atoms with Crippen molar-refractivity contribution in [3.05, 3.63) is 66.1 Å². The zero-order valence-electron chi connectivity index (χ0n) is 14.5. The second kappa shape index (κ2) is 10.1. The number of hydrogen-bond acceptors (Lipinski definition) is 4. The molecule has 8 heteroatoms. The molecule has 0 aliphatic carbocycles. The molecule has 3 rings (SSSR count). The van der Waals surface area contributed by atoms with Gasteiger partial charge in [-0.1, -0.05) is 36.4 Å². The topological polar surface area (TPSA) is 86.8 Å². The number of benzene rings is 1. The summed E-state index contributed by atoms with van der Waals surface area (Å²) >= 11 is 0. The molecule has 0 aliphatic heterocycles. The smallest absolute Gasteiger partial charge is 0.191 e. The van der Waals surface area contributed by atoms with Crippen LogP contribution < -0.4 is 10.6 Å². The molecule has 0 aliphatic rings. The number of aliphatic hydroxyl groups is 1. The minimum Gasteiger partial charge on any atom is -0.396 e. The van der Waals surface area contributed by atoms with Crippen LogP contribution in [0.3, 0.4) is 0 Å². The first-order valence-corrected chi connectivity index (χ1v) is 8.20. The molecule has 1 unspecified atom stereocenters. The third kappa shape index (κ3) is 4.92. The van der Waals surface area contributed by atoms with E-state index in [9.17, 15) is 5.11 Å². The van der Waals surface area contributed by atoms with Crippen LogP contribution >= 0.6 is 24.0 Å². The average Bonchev–Trinajstić information content (AvgIpc) is 3.09. The van der Waals surface area contributed by atoms with Crippen LogP contribution in [0.5, 0.6) is 0 Å². The lowest BCUT2D eigenvalue weighted by molar-refractivity contribution is 0.265. The van der Waals surface area contributed by atoms with Crippen LogP contribution in [-0.2, 0) is 6.54 Å². The monoisotopic (exact) mass is 466 g/mol. The summed E-state index contributed by atoms with van der Waals surface area (Å²) in [5.41, 5.74) is 1.91. The molecule has 0 saturated heterocycles. The molecular weight excluding hydrogens is 443 g/mol. The minimum atomic E-state index is 0. The van der Waals surface area contributed by atoms with Gasteiger partial charge in [0.25, 0.3) is 0 Å². The molecule has 0 saturated carbocycles. The molecule has 0 spiro atoms. The Balaban J connectivity index is 0.00000243. The van der Waals surface area contributed by atoms with Crippen LogP contribution in [-0.4, -0.2) is 45.9 Å². The van der Waals surface area contributed by atoms with Crippen LogP contribution in [0.15, 0.2) is 59.7 Å². The zero-order chi connectivity index (χ0) is 17.5. The van der Waals surface area contributed by atoms with E-state index in [0.717, 1.165) is 17.0 Å². The van der Waals surface area contributed by atoms with E-state index in [1.807, 2.05) is 59.1 Å². The Morgan fingerprint density at radius 3 is 2.62 bits per heavy atom. The molecule has 2 aromatic heterocycles. The highest BCUT2D eigenvalue weighted by molar-refractivity contribution is 14.0. The van der Waals surface area contributed by atoms with Gasteiger partial charge in [0.2, 0.25) is 0 Å². The largest absolute Gasteiger partial charge is 0.396 e. The summed E-state index contributed by atoms with van der Waals surface area (Å²) in [6.07, 6.45) is 1.93. The van der Waals surface area contributed by atoms with Crippen molar-refractivity contribution in [3.8, 4) is 0 Å². The van der Waals surface area contributed by atoms with Crippen molar-refractivity contribution in [1.29, 1.82) is 0 Å². The summed E-state index contributed by atoms with van der Waals surface area (Å²) < 4.78 is 1.93. The average molecular weight is 466 g/mol. The van der Waals surface area contributed by atoms with Crippen molar-refractivity contribution in [3.63, 3.8) is 0 Å². The number of halogens is 1. The van der Waals surface area contributed by atoms with Gasteiger partial charge in [0.05, 0.1) is 13.2 Å². The third-order valence-electron chi connectivity index (χ3n) is 4.03. The van der Waals surface area contributed by atoms with E-state index >= 15 is 0 Å². The van der Waals surface area contributed by atoms with Gasteiger partial charge in [-0.25, -0.2) is 0 Å². The second-order valence-corrected chi connectivity index (χ2v) is 5.64. The van der Waals surface area contributed by atoms with Gasteiger partial charge < -0.3 is 15.7 Å². The lowest BCUT2D eigenvalue weighted by atomic mass is 10.0. The van der Waals surface area contributed by atoms with Crippen molar-refractivity contribution in [2.75, 3.05) is 20.2 Å². The highest BCUT2D eigenvalue weighted by Crippen LogP contribution is 2.13.